The lowest BCUT2D eigenvalue weighted by Crippen LogP contribution is -2.49. The zero-order valence-corrected chi connectivity index (χ0v) is 32.4. The van der Waals surface area contributed by atoms with Crippen molar-refractivity contribution in [2.45, 2.75) is 46.1 Å². The first-order valence-electron chi connectivity index (χ1n) is 18.6. The highest BCUT2D eigenvalue weighted by Crippen LogP contribution is 2.65. The molecule has 12 heteroatoms. The van der Waals surface area contributed by atoms with E-state index in [2.05, 4.69) is 0 Å². The average molecular weight is 775 g/mol. The van der Waals surface area contributed by atoms with Crippen molar-refractivity contribution in [3.05, 3.63) is 106 Å². The van der Waals surface area contributed by atoms with Crippen molar-refractivity contribution >= 4 is 62.5 Å². The summed E-state index contributed by atoms with van der Waals surface area (Å²) < 4.78 is 8.41. The molecule has 0 unspecified atom stereocenters. The Morgan fingerprint density at radius 1 is 0.982 bits per heavy atom. The predicted molar refractivity (Wildman–Crippen MR) is 210 cm³/mol. The molecule has 1 N–H and O–H groups in total. The van der Waals surface area contributed by atoms with Gasteiger partial charge in [0.1, 0.15) is 11.5 Å². The normalized spacial score (nSPS) is 26.1. The third-order valence-corrected chi connectivity index (χ3v) is 13.9. The van der Waals surface area contributed by atoms with Gasteiger partial charge in [-0.3, -0.25) is 28.8 Å². The van der Waals surface area contributed by atoms with Gasteiger partial charge in [-0.05, 0) is 80.3 Å². The summed E-state index contributed by atoms with van der Waals surface area (Å²) in [4.78, 5) is 61.9. The van der Waals surface area contributed by atoms with E-state index < -0.39 is 46.8 Å². The molecule has 2 saturated heterocycles. The number of aromatic hydroxyl groups is 1. The summed E-state index contributed by atoms with van der Waals surface area (Å²) in [5.74, 6) is -4.26. The van der Waals surface area contributed by atoms with Crippen molar-refractivity contribution in [3.63, 3.8) is 0 Å². The van der Waals surface area contributed by atoms with Gasteiger partial charge in [0, 0.05) is 34.3 Å². The molecule has 2 aliphatic heterocycles. The Hall–Kier alpha value is -5.26. The van der Waals surface area contributed by atoms with Gasteiger partial charge >= 0.3 is 0 Å². The number of ether oxygens (including phenoxy) is 1. The molecular weight excluding hydrogens is 736 g/mol. The summed E-state index contributed by atoms with van der Waals surface area (Å²) >= 11 is 7.89. The van der Waals surface area contributed by atoms with Crippen molar-refractivity contribution in [1.29, 1.82) is 0 Å². The number of halogens is 1. The zero-order chi connectivity index (χ0) is 38.5. The number of amides is 4. The SMILES string of the molecule is CCOc1cccc([C@H]2C3=CC[C@@H]4C(=O)N(Cc5ccccc5)C(=O)[C@@H]4[C@@H]3C[C@H]3C(=O)N(c4cc(-c5sc6ccc(Cl)cc6c5C)nn4C)C(=O)[C@@]23C)c1O. The quantitative estimate of drug-likeness (QED) is 0.132. The molecule has 5 aromatic rings. The van der Waals surface area contributed by atoms with Crippen LogP contribution in [0.25, 0.3) is 20.7 Å². The highest BCUT2D eigenvalue weighted by molar-refractivity contribution is 7.22. The van der Waals surface area contributed by atoms with E-state index in [-0.39, 0.29) is 36.3 Å². The minimum Gasteiger partial charge on any atom is -0.504 e. The number of allylic oxidation sites excluding steroid dienone is 2. The first-order chi connectivity index (χ1) is 26.4. The molecule has 4 amide bonds. The Morgan fingerprint density at radius 3 is 2.53 bits per heavy atom. The number of thiophene rings is 1. The Kier molecular flexibility index (Phi) is 8.32. The molecule has 2 aromatic heterocycles. The van der Waals surface area contributed by atoms with Crippen LogP contribution in [0.5, 0.6) is 11.5 Å². The number of phenolic OH excluding ortho intramolecular Hbond substituents is 1. The number of para-hydroxylation sites is 1. The Labute approximate surface area is 326 Å². The van der Waals surface area contributed by atoms with Crippen LogP contribution in [0, 0.1) is 36.0 Å². The molecule has 0 bridgehead atoms. The van der Waals surface area contributed by atoms with Crippen LogP contribution >= 0.6 is 22.9 Å². The summed E-state index contributed by atoms with van der Waals surface area (Å²) in [7, 11) is 1.72. The van der Waals surface area contributed by atoms with Crippen molar-refractivity contribution in [3.8, 4) is 22.1 Å². The van der Waals surface area contributed by atoms with Gasteiger partial charge in [-0.15, -0.1) is 11.3 Å². The van der Waals surface area contributed by atoms with Gasteiger partial charge in [0.2, 0.25) is 23.6 Å². The molecule has 3 aromatic carbocycles. The van der Waals surface area contributed by atoms with Gasteiger partial charge in [-0.2, -0.15) is 5.10 Å². The molecule has 0 spiro atoms. The van der Waals surface area contributed by atoms with E-state index in [1.807, 2.05) is 68.5 Å². The summed E-state index contributed by atoms with van der Waals surface area (Å²) in [5, 5.41) is 18.2. The van der Waals surface area contributed by atoms with E-state index >= 15 is 4.79 Å². The third kappa shape index (κ3) is 5.15. The number of likely N-dealkylation sites (tertiary alicyclic amines) is 1. The lowest BCUT2D eigenvalue weighted by molar-refractivity contribution is -0.141. The molecule has 0 radical (unpaired) electrons. The van der Waals surface area contributed by atoms with Gasteiger partial charge < -0.3 is 9.84 Å². The fraction of sp³-hybridized carbons (Fsp3) is 0.326. The smallest absolute Gasteiger partial charge is 0.242 e. The number of aromatic nitrogens is 2. The zero-order valence-electron chi connectivity index (χ0n) is 30.8. The van der Waals surface area contributed by atoms with Gasteiger partial charge in [0.05, 0.1) is 41.2 Å². The largest absolute Gasteiger partial charge is 0.504 e. The fourth-order valence-electron chi connectivity index (χ4n) is 9.82. The number of rotatable bonds is 7. The molecule has 3 fully saturated rings. The number of benzene rings is 3. The van der Waals surface area contributed by atoms with Gasteiger partial charge in [-0.25, -0.2) is 4.90 Å². The average Bonchev–Trinajstić information content (AvgIpc) is 3.84. The number of anilines is 1. The van der Waals surface area contributed by atoms with E-state index in [9.17, 15) is 19.5 Å². The highest BCUT2D eigenvalue weighted by atomic mass is 35.5. The van der Waals surface area contributed by atoms with E-state index in [4.69, 9.17) is 21.4 Å². The van der Waals surface area contributed by atoms with E-state index in [0.29, 0.717) is 35.1 Å². The first-order valence-corrected chi connectivity index (χ1v) is 19.8. The highest BCUT2D eigenvalue weighted by Gasteiger charge is 2.68. The monoisotopic (exact) mass is 774 g/mol. The molecule has 4 aliphatic rings. The van der Waals surface area contributed by atoms with Crippen molar-refractivity contribution in [1.82, 2.24) is 14.7 Å². The molecule has 10 nitrogen and oxygen atoms in total. The van der Waals surface area contributed by atoms with Crippen LogP contribution in [-0.4, -0.2) is 50.0 Å². The van der Waals surface area contributed by atoms with Gasteiger partial charge in [0.15, 0.2) is 11.5 Å². The standard InChI is InChI=1S/C43H39ClN4O6S/c1-5-54-32-13-9-12-27(37(32)49)36-25-15-16-26-35(41(52)47(39(26)50)21-23-10-7-6-8-11-23)29(25)19-30-40(51)48(42(53)43(30,36)3)34-20-31(45-46(34)4)38-22(2)28-18-24(44)14-17-33(28)55-38/h6-15,17-18,20,26,29-30,35-36,49H,5,16,19,21H2,1-4H3/t26-,29+,30-,35-,36+,43+/m0/s1. The summed E-state index contributed by atoms with van der Waals surface area (Å²) in [6.45, 7) is 6.11. The van der Waals surface area contributed by atoms with Crippen LogP contribution in [0.4, 0.5) is 5.82 Å². The van der Waals surface area contributed by atoms with Crippen LogP contribution in [-0.2, 0) is 32.8 Å². The second-order valence-corrected chi connectivity index (χ2v) is 16.7. The van der Waals surface area contributed by atoms with Crippen LogP contribution in [0.1, 0.15) is 49.3 Å². The number of carbonyl (C=O) groups excluding carboxylic acids is 4. The number of aryl methyl sites for hydroxylation is 2. The molecular formula is C43H39ClN4O6S. The lowest BCUT2D eigenvalue weighted by Gasteiger charge is -2.49. The summed E-state index contributed by atoms with van der Waals surface area (Å²) in [6.07, 6.45) is 2.50. The number of nitrogens with zero attached hydrogens (tertiary/aromatic N) is 4. The minimum atomic E-state index is -1.35. The van der Waals surface area contributed by atoms with Crippen molar-refractivity contribution in [2.24, 2.45) is 36.1 Å². The van der Waals surface area contributed by atoms with Crippen LogP contribution in [0.2, 0.25) is 5.02 Å². The van der Waals surface area contributed by atoms with E-state index in [0.717, 1.165) is 31.7 Å². The molecule has 4 heterocycles. The first kappa shape index (κ1) is 35.4. The Bertz CT molecular complexity index is 2490. The number of phenols is 1. The van der Waals surface area contributed by atoms with Gasteiger partial charge in [0.25, 0.3) is 0 Å². The number of carbonyl (C=O) groups is 4. The number of imide groups is 2. The maximum atomic E-state index is 15.2. The predicted octanol–water partition coefficient (Wildman–Crippen LogP) is 7.80. The number of hydrogen-bond acceptors (Lipinski definition) is 8. The van der Waals surface area contributed by atoms with Gasteiger partial charge in [-0.1, -0.05) is 65.7 Å². The fourth-order valence-corrected chi connectivity index (χ4v) is 11.1. The Balaban J connectivity index is 1.15. The third-order valence-electron chi connectivity index (χ3n) is 12.4. The molecule has 55 heavy (non-hydrogen) atoms. The van der Waals surface area contributed by atoms with E-state index in [1.165, 1.54) is 9.80 Å². The number of fused-ring (bicyclic) bond motifs is 5. The minimum absolute atomic E-state index is 0.112. The lowest BCUT2D eigenvalue weighted by atomic mass is 9.51. The number of hydrogen-bond donors (Lipinski definition) is 1. The van der Waals surface area contributed by atoms with Crippen molar-refractivity contribution < 1.29 is 29.0 Å². The maximum Gasteiger partial charge on any atom is 0.242 e. The Morgan fingerprint density at radius 2 is 1.76 bits per heavy atom. The summed E-state index contributed by atoms with van der Waals surface area (Å²) in [6, 6.07) is 22.2. The van der Waals surface area contributed by atoms with Crippen LogP contribution in [0.3, 0.4) is 0 Å². The van der Waals surface area contributed by atoms with Crippen LogP contribution < -0.4 is 9.64 Å². The molecule has 9 rings (SSSR count). The van der Waals surface area contributed by atoms with Crippen molar-refractivity contribution in [2.75, 3.05) is 11.5 Å². The molecule has 6 atom stereocenters. The summed E-state index contributed by atoms with van der Waals surface area (Å²) in [5.41, 5.74) is 2.36. The molecule has 2 aliphatic carbocycles. The topological polar surface area (TPSA) is 122 Å². The molecule has 1 saturated carbocycles. The van der Waals surface area contributed by atoms with Crippen LogP contribution in [0.15, 0.2) is 84.4 Å². The van der Waals surface area contributed by atoms with E-state index in [1.54, 1.807) is 54.3 Å². The molecule has 280 valence electrons. The second kappa shape index (κ2) is 12.9. The second-order valence-electron chi connectivity index (χ2n) is 15.2. The maximum absolute atomic E-state index is 15.2.